The lowest BCUT2D eigenvalue weighted by molar-refractivity contribution is 0.293. The Morgan fingerprint density at radius 3 is 2.87 bits per heavy atom. The Balaban J connectivity index is 1.66. The molecule has 0 bridgehead atoms. The molecule has 3 aromatic heterocycles. The SMILES string of the molecule is O=c1[nH]c(COc2ccc(F)c(F)c2)nc2c(-c3csc(NCCO)n3)nccc12. The van der Waals surface area contributed by atoms with E-state index in [0.717, 1.165) is 12.1 Å². The number of aliphatic hydroxyl groups is 1. The van der Waals surface area contributed by atoms with E-state index in [9.17, 15) is 13.6 Å². The van der Waals surface area contributed by atoms with Crippen molar-refractivity contribution in [2.75, 3.05) is 18.5 Å². The Morgan fingerprint density at radius 1 is 1.20 bits per heavy atom. The number of hydrogen-bond acceptors (Lipinski definition) is 8. The van der Waals surface area contributed by atoms with Crippen LogP contribution in [-0.2, 0) is 6.61 Å². The summed E-state index contributed by atoms with van der Waals surface area (Å²) in [5.41, 5.74) is 0.892. The zero-order valence-electron chi connectivity index (χ0n) is 15.4. The summed E-state index contributed by atoms with van der Waals surface area (Å²) in [5.74, 6) is -1.72. The fourth-order valence-corrected chi connectivity index (χ4v) is 3.44. The number of pyridine rings is 1. The van der Waals surface area contributed by atoms with Crippen LogP contribution >= 0.6 is 11.3 Å². The van der Waals surface area contributed by atoms with E-state index < -0.39 is 11.6 Å². The van der Waals surface area contributed by atoms with Gasteiger partial charge in [0.2, 0.25) is 0 Å². The lowest BCUT2D eigenvalue weighted by Crippen LogP contribution is -2.14. The van der Waals surface area contributed by atoms with Crippen molar-refractivity contribution in [1.29, 1.82) is 0 Å². The molecule has 0 unspecified atom stereocenters. The summed E-state index contributed by atoms with van der Waals surface area (Å²) in [4.78, 5) is 28.3. The molecule has 3 heterocycles. The Hall–Kier alpha value is -3.44. The monoisotopic (exact) mass is 431 g/mol. The van der Waals surface area contributed by atoms with Crippen molar-refractivity contribution in [2.45, 2.75) is 6.61 Å². The molecular formula is C19H15F2N5O3S. The second-order valence-corrected chi connectivity index (χ2v) is 6.98. The molecule has 0 aliphatic carbocycles. The molecule has 154 valence electrons. The number of halogens is 2. The topological polar surface area (TPSA) is 113 Å². The van der Waals surface area contributed by atoms with Gasteiger partial charge in [0.25, 0.3) is 5.56 Å². The molecule has 0 aliphatic rings. The summed E-state index contributed by atoms with van der Waals surface area (Å²) in [6.45, 7) is 0.171. The summed E-state index contributed by atoms with van der Waals surface area (Å²) in [7, 11) is 0. The molecule has 8 nitrogen and oxygen atoms in total. The standard InChI is InChI=1S/C19H15F2N5O3S/c20-12-2-1-10(7-13(12)21)29-8-15-25-16-11(18(28)26-15)3-4-22-17(16)14-9-30-19(24-14)23-5-6-27/h1-4,7,9,27H,5-6,8H2,(H,23,24)(H,25,26,28). The minimum absolute atomic E-state index is 0.0281. The zero-order chi connectivity index (χ0) is 21.1. The van der Waals surface area contributed by atoms with E-state index in [2.05, 4.69) is 25.3 Å². The highest BCUT2D eigenvalue weighted by Crippen LogP contribution is 2.27. The maximum Gasteiger partial charge on any atom is 0.258 e. The smallest absolute Gasteiger partial charge is 0.258 e. The lowest BCUT2D eigenvalue weighted by Gasteiger charge is -2.08. The molecule has 0 saturated heterocycles. The van der Waals surface area contributed by atoms with Crippen molar-refractivity contribution in [3.05, 3.63) is 63.7 Å². The molecule has 0 atom stereocenters. The second kappa shape index (κ2) is 8.51. The minimum atomic E-state index is -1.03. The first-order valence-electron chi connectivity index (χ1n) is 8.81. The van der Waals surface area contributed by atoms with E-state index >= 15 is 0 Å². The van der Waals surface area contributed by atoms with Gasteiger partial charge in [-0.05, 0) is 18.2 Å². The van der Waals surface area contributed by atoms with E-state index in [1.165, 1.54) is 23.6 Å². The Kier molecular flexibility index (Phi) is 5.63. The number of ether oxygens (including phenoxy) is 1. The predicted octanol–water partition coefficient (Wildman–Crippen LogP) is 2.70. The number of nitrogens with zero attached hydrogens (tertiary/aromatic N) is 3. The average Bonchev–Trinajstić information content (AvgIpc) is 3.21. The summed E-state index contributed by atoms with van der Waals surface area (Å²) >= 11 is 1.33. The quantitative estimate of drug-likeness (QED) is 0.412. The molecule has 4 aromatic rings. The van der Waals surface area contributed by atoms with Gasteiger partial charge in [0.15, 0.2) is 16.8 Å². The Morgan fingerprint density at radius 2 is 2.07 bits per heavy atom. The van der Waals surface area contributed by atoms with Crippen LogP contribution in [-0.4, -0.2) is 38.2 Å². The second-order valence-electron chi connectivity index (χ2n) is 6.12. The maximum atomic E-state index is 13.3. The number of benzene rings is 1. The number of H-pyrrole nitrogens is 1. The van der Waals surface area contributed by atoms with Gasteiger partial charge in [-0.2, -0.15) is 0 Å². The van der Waals surface area contributed by atoms with Crippen LogP contribution in [0, 0.1) is 11.6 Å². The van der Waals surface area contributed by atoms with Gasteiger partial charge in [0, 0.05) is 24.2 Å². The molecule has 1 aromatic carbocycles. The van der Waals surface area contributed by atoms with Crippen molar-refractivity contribution < 1.29 is 18.6 Å². The van der Waals surface area contributed by atoms with Gasteiger partial charge in [-0.15, -0.1) is 11.3 Å². The Bertz CT molecular complexity index is 1260. The van der Waals surface area contributed by atoms with Crippen LogP contribution in [0.25, 0.3) is 22.3 Å². The van der Waals surface area contributed by atoms with E-state index in [1.807, 2.05) is 0 Å². The van der Waals surface area contributed by atoms with E-state index in [1.54, 1.807) is 11.4 Å². The van der Waals surface area contributed by atoms with Gasteiger partial charge in [-0.3, -0.25) is 9.78 Å². The fraction of sp³-hybridized carbons (Fsp3) is 0.158. The highest BCUT2D eigenvalue weighted by molar-refractivity contribution is 7.14. The van der Waals surface area contributed by atoms with Crippen LogP contribution in [0.2, 0.25) is 0 Å². The normalized spacial score (nSPS) is 11.0. The molecule has 0 amide bonds. The highest BCUT2D eigenvalue weighted by atomic mass is 32.1. The lowest BCUT2D eigenvalue weighted by atomic mass is 10.2. The fourth-order valence-electron chi connectivity index (χ4n) is 2.71. The number of rotatable bonds is 7. The molecule has 0 aliphatic heterocycles. The van der Waals surface area contributed by atoms with Gasteiger partial charge in [-0.1, -0.05) is 0 Å². The third kappa shape index (κ3) is 4.11. The summed E-state index contributed by atoms with van der Waals surface area (Å²) < 4.78 is 31.8. The number of anilines is 1. The molecule has 0 radical (unpaired) electrons. The molecule has 0 fully saturated rings. The van der Waals surface area contributed by atoms with Gasteiger partial charge >= 0.3 is 0 Å². The van der Waals surface area contributed by atoms with Crippen molar-refractivity contribution >= 4 is 27.4 Å². The van der Waals surface area contributed by atoms with Gasteiger partial charge in [-0.25, -0.2) is 18.7 Å². The number of aromatic amines is 1. The predicted molar refractivity (Wildman–Crippen MR) is 108 cm³/mol. The van der Waals surface area contributed by atoms with E-state index in [0.29, 0.717) is 34.0 Å². The van der Waals surface area contributed by atoms with Gasteiger partial charge in [0.05, 0.1) is 12.0 Å². The van der Waals surface area contributed by atoms with E-state index in [-0.39, 0.29) is 30.3 Å². The average molecular weight is 431 g/mol. The van der Waals surface area contributed by atoms with Crippen molar-refractivity contribution in [3.63, 3.8) is 0 Å². The van der Waals surface area contributed by atoms with Gasteiger partial charge in [0.1, 0.15) is 35.1 Å². The number of aliphatic hydroxyl groups excluding tert-OH is 1. The van der Waals surface area contributed by atoms with Crippen molar-refractivity contribution in [2.24, 2.45) is 0 Å². The number of fused-ring (bicyclic) bond motifs is 1. The molecule has 3 N–H and O–H groups in total. The number of thiazole rings is 1. The Labute approximate surface area is 172 Å². The van der Waals surface area contributed by atoms with Crippen LogP contribution in [0.5, 0.6) is 5.75 Å². The van der Waals surface area contributed by atoms with Gasteiger partial charge < -0.3 is 20.1 Å². The third-order valence-corrected chi connectivity index (χ3v) is 4.87. The molecule has 11 heteroatoms. The molecule has 30 heavy (non-hydrogen) atoms. The summed E-state index contributed by atoms with van der Waals surface area (Å²) in [5, 5.41) is 14.6. The largest absolute Gasteiger partial charge is 0.486 e. The zero-order valence-corrected chi connectivity index (χ0v) is 16.2. The first kappa shape index (κ1) is 19.9. The van der Waals surface area contributed by atoms with Crippen molar-refractivity contribution in [1.82, 2.24) is 19.9 Å². The number of hydrogen-bond donors (Lipinski definition) is 3. The van der Waals surface area contributed by atoms with Crippen LogP contribution in [0.1, 0.15) is 5.82 Å². The van der Waals surface area contributed by atoms with Crippen LogP contribution in [0.3, 0.4) is 0 Å². The summed E-state index contributed by atoms with van der Waals surface area (Å²) in [6.07, 6.45) is 1.49. The maximum absolute atomic E-state index is 13.3. The molecule has 0 saturated carbocycles. The van der Waals surface area contributed by atoms with Crippen LogP contribution in [0.15, 0.2) is 40.6 Å². The third-order valence-electron chi connectivity index (χ3n) is 4.07. The number of nitrogens with one attached hydrogen (secondary N) is 2. The van der Waals surface area contributed by atoms with Crippen LogP contribution < -0.4 is 15.6 Å². The molecular weight excluding hydrogens is 416 g/mol. The number of aromatic nitrogens is 4. The van der Waals surface area contributed by atoms with Crippen molar-refractivity contribution in [3.8, 4) is 17.1 Å². The first-order valence-corrected chi connectivity index (χ1v) is 9.69. The minimum Gasteiger partial charge on any atom is -0.486 e. The van der Waals surface area contributed by atoms with E-state index in [4.69, 9.17) is 9.84 Å². The first-order chi connectivity index (χ1) is 14.5. The van der Waals surface area contributed by atoms with Crippen LogP contribution in [0.4, 0.5) is 13.9 Å². The molecule has 0 spiro atoms. The highest BCUT2D eigenvalue weighted by Gasteiger charge is 2.14. The molecule has 4 rings (SSSR count). The summed E-state index contributed by atoms with van der Waals surface area (Å²) in [6, 6.07) is 4.69.